The van der Waals surface area contributed by atoms with Crippen LogP contribution >= 0.6 is 0 Å². The number of nitrogens with one attached hydrogen (secondary N) is 2. The molecule has 1 rings (SSSR count). The predicted octanol–water partition coefficient (Wildman–Crippen LogP) is 4.44. The van der Waals surface area contributed by atoms with Crippen LogP contribution in [0.1, 0.15) is 85.4 Å². The van der Waals surface area contributed by atoms with E-state index in [2.05, 4.69) is 24.5 Å². The molecular formula is C26H43N3O5. The van der Waals surface area contributed by atoms with Crippen molar-refractivity contribution < 1.29 is 24.2 Å². The van der Waals surface area contributed by atoms with Gasteiger partial charge in [0.2, 0.25) is 11.8 Å². The number of phenols is 1. The van der Waals surface area contributed by atoms with Gasteiger partial charge in [0.1, 0.15) is 23.9 Å². The summed E-state index contributed by atoms with van der Waals surface area (Å²) in [6, 6.07) is 3.58. The molecule has 0 radical (unpaired) electrons. The Morgan fingerprint density at radius 3 is 2.18 bits per heavy atom. The molecule has 0 saturated carbocycles. The Bertz CT molecular complexity index is 845. The maximum Gasteiger partial charge on any atom is 0.408 e. The summed E-state index contributed by atoms with van der Waals surface area (Å²) in [5.41, 5.74) is 0.505. The fourth-order valence-electron chi connectivity index (χ4n) is 3.56. The number of hydrogen-bond donors (Lipinski definition) is 3. The topological polar surface area (TPSA) is 108 Å². The smallest absolute Gasteiger partial charge is 0.408 e. The molecule has 0 aliphatic rings. The molecule has 2 unspecified atom stereocenters. The summed E-state index contributed by atoms with van der Waals surface area (Å²) in [5.74, 6) is -0.166. The van der Waals surface area contributed by atoms with Gasteiger partial charge >= 0.3 is 6.09 Å². The molecule has 34 heavy (non-hydrogen) atoms. The van der Waals surface area contributed by atoms with Gasteiger partial charge in [-0.1, -0.05) is 19.9 Å². The van der Waals surface area contributed by atoms with Crippen LogP contribution in [-0.4, -0.2) is 52.1 Å². The minimum Gasteiger partial charge on any atom is -0.508 e. The second kappa shape index (κ2) is 12.6. The van der Waals surface area contributed by atoms with Gasteiger partial charge in [0.05, 0.1) is 0 Å². The Labute approximate surface area is 204 Å². The Balaban J connectivity index is 3.37. The summed E-state index contributed by atoms with van der Waals surface area (Å²) in [7, 11) is 0. The summed E-state index contributed by atoms with van der Waals surface area (Å²) in [5, 5.41) is 15.4. The minimum atomic E-state index is -0.920. The largest absolute Gasteiger partial charge is 0.508 e. The van der Waals surface area contributed by atoms with Crippen LogP contribution in [0.25, 0.3) is 0 Å². The third kappa shape index (κ3) is 9.61. The van der Waals surface area contributed by atoms with Gasteiger partial charge < -0.3 is 25.4 Å². The SMILES string of the molecule is Cc1cc(C(C(=O)NC(C)C)N(C(=O)CNC(=O)OC(C)(C)C)C(C)CCC(C)C)ccc1O. The van der Waals surface area contributed by atoms with E-state index in [-0.39, 0.29) is 30.3 Å². The van der Waals surface area contributed by atoms with Gasteiger partial charge in [-0.15, -0.1) is 0 Å². The highest BCUT2D eigenvalue weighted by molar-refractivity contribution is 5.90. The first-order valence-electron chi connectivity index (χ1n) is 12.0. The summed E-state index contributed by atoms with van der Waals surface area (Å²) in [6.07, 6.45) is 0.870. The Morgan fingerprint density at radius 1 is 1.06 bits per heavy atom. The lowest BCUT2D eigenvalue weighted by Crippen LogP contribution is -2.52. The molecule has 0 bridgehead atoms. The van der Waals surface area contributed by atoms with Gasteiger partial charge in [-0.2, -0.15) is 0 Å². The van der Waals surface area contributed by atoms with Crippen molar-refractivity contribution in [1.82, 2.24) is 15.5 Å². The van der Waals surface area contributed by atoms with Crippen molar-refractivity contribution in [1.29, 1.82) is 0 Å². The quantitative estimate of drug-likeness (QED) is 0.462. The lowest BCUT2D eigenvalue weighted by molar-refractivity contribution is -0.143. The van der Waals surface area contributed by atoms with Crippen LogP contribution in [0, 0.1) is 12.8 Å². The summed E-state index contributed by atoms with van der Waals surface area (Å²) in [4.78, 5) is 40.6. The first-order chi connectivity index (χ1) is 15.6. The molecular weight excluding hydrogens is 434 g/mol. The molecule has 0 aromatic heterocycles. The Morgan fingerprint density at radius 2 is 1.68 bits per heavy atom. The highest BCUT2D eigenvalue weighted by Crippen LogP contribution is 2.29. The third-order valence-corrected chi connectivity index (χ3v) is 5.20. The fourth-order valence-corrected chi connectivity index (χ4v) is 3.56. The van der Waals surface area contributed by atoms with E-state index >= 15 is 0 Å². The average molecular weight is 478 g/mol. The Kier molecular flexibility index (Phi) is 10.9. The Hall–Kier alpha value is -2.77. The molecule has 0 heterocycles. The number of aryl methyl sites for hydroxylation is 1. The van der Waals surface area contributed by atoms with E-state index in [1.54, 1.807) is 44.7 Å². The van der Waals surface area contributed by atoms with Crippen molar-refractivity contribution in [2.45, 2.75) is 98.9 Å². The van der Waals surface area contributed by atoms with Gasteiger partial charge in [0.15, 0.2) is 0 Å². The molecule has 0 aliphatic carbocycles. The predicted molar refractivity (Wildman–Crippen MR) is 133 cm³/mol. The van der Waals surface area contributed by atoms with E-state index in [1.165, 1.54) is 6.07 Å². The van der Waals surface area contributed by atoms with Crippen LogP contribution in [-0.2, 0) is 14.3 Å². The van der Waals surface area contributed by atoms with E-state index in [0.717, 1.165) is 6.42 Å². The maximum atomic E-state index is 13.5. The van der Waals surface area contributed by atoms with Gasteiger partial charge in [-0.25, -0.2) is 4.79 Å². The molecule has 0 aliphatic heterocycles. The lowest BCUT2D eigenvalue weighted by Gasteiger charge is -2.37. The number of amides is 3. The highest BCUT2D eigenvalue weighted by Gasteiger charge is 2.35. The molecule has 0 fully saturated rings. The van der Waals surface area contributed by atoms with Crippen molar-refractivity contribution in [3.8, 4) is 5.75 Å². The van der Waals surface area contributed by atoms with Crippen LogP contribution in [0.5, 0.6) is 5.75 Å². The van der Waals surface area contributed by atoms with Gasteiger partial charge in [-0.05, 0) is 90.5 Å². The standard InChI is InChI=1S/C26H43N3O5/c1-16(2)10-11-19(6)29(22(31)15-27-25(33)34-26(7,8)9)23(24(32)28-17(3)4)20-12-13-21(30)18(5)14-20/h12-14,16-17,19,23,30H,10-11,15H2,1-9H3,(H,27,33)(H,28,32). The molecule has 0 spiro atoms. The first-order valence-corrected chi connectivity index (χ1v) is 12.0. The molecule has 3 amide bonds. The van der Waals surface area contributed by atoms with Crippen molar-refractivity contribution in [3.63, 3.8) is 0 Å². The number of carbonyl (C=O) groups excluding carboxylic acids is 3. The van der Waals surface area contributed by atoms with Crippen molar-refractivity contribution in [2.24, 2.45) is 5.92 Å². The monoisotopic (exact) mass is 477 g/mol. The number of benzene rings is 1. The van der Waals surface area contributed by atoms with Crippen LogP contribution in [0.15, 0.2) is 18.2 Å². The van der Waals surface area contributed by atoms with E-state index in [4.69, 9.17) is 4.74 Å². The number of hydrogen-bond acceptors (Lipinski definition) is 5. The molecule has 0 saturated heterocycles. The van der Waals surface area contributed by atoms with Crippen molar-refractivity contribution >= 4 is 17.9 Å². The number of phenolic OH excluding ortho intramolecular Hbond substituents is 1. The average Bonchev–Trinajstić information content (AvgIpc) is 2.68. The maximum absolute atomic E-state index is 13.5. The van der Waals surface area contributed by atoms with E-state index in [0.29, 0.717) is 23.5 Å². The second-order valence-corrected chi connectivity index (χ2v) is 10.6. The zero-order valence-electron chi connectivity index (χ0n) is 22.2. The normalized spacial score (nSPS) is 13.4. The first kappa shape index (κ1) is 29.3. The van der Waals surface area contributed by atoms with Gasteiger partial charge in [0, 0.05) is 12.1 Å². The lowest BCUT2D eigenvalue weighted by atomic mass is 9.97. The number of ether oxygens (including phenoxy) is 1. The number of carbonyl (C=O) groups is 3. The zero-order valence-corrected chi connectivity index (χ0v) is 22.2. The molecule has 8 nitrogen and oxygen atoms in total. The molecule has 8 heteroatoms. The third-order valence-electron chi connectivity index (χ3n) is 5.20. The van der Waals surface area contributed by atoms with E-state index < -0.39 is 23.6 Å². The molecule has 1 aromatic rings. The highest BCUT2D eigenvalue weighted by atomic mass is 16.6. The van der Waals surface area contributed by atoms with E-state index in [9.17, 15) is 19.5 Å². The van der Waals surface area contributed by atoms with Crippen LogP contribution in [0.4, 0.5) is 4.79 Å². The number of aromatic hydroxyl groups is 1. The molecule has 2 atom stereocenters. The molecule has 1 aromatic carbocycles. The summed E-state index contributed by atoms with van der Waals surface area (Å²) >= 11 is 0. The number of nitrogens with zero attached hydrogens (tertiary/aromatic N) is 1. The minimum absolute atomic E-state index is 0.115. The summed E-state index contributed by atoms with van der Waals surface area (Å²) in [6.45, 7) is 16.5. The van der Waals surface area contributed by atoms with Crippen LogP contribution in [0.2, 0.25) is 0 Å². The van der Waals surface area contributed by atoms with E-state index in [1.807, 2.05) is 20.8 Å². The molecule has 192 valence electrons. The second-order valence-electron chi connectivity index (χ2n) is 10.6. The van der Waals surface area contributed by atoms with Crippen LogP contribution < -0.4 is 10.6 Å². The number of rotatable bonds is 10. The summed E-state index contributed by atoms with van der Waals surface area (Å²) < 4.78 is 5.25. The zero-order chi connectivity index (χ0) is 26.2. The van der Waals surface area contributed by atoms with Crippen LogP contribution in [0.3, 0.4) is 0 Å². The van der Waals surface area contributed by atoms with Gasteiger partial charge in [0.25, 0.3) is 0 Å². The fraction of sp³-hybridized carbons (Fsp3) is 0.654. The molecule has 3 N–H and O–H groups in total. The number of alkyl carbamates (subject to hydrolysis) is 1. The van der Waals surface area contributed by atoms with Gasteiger partial charge in [-0.3, -0.25) is 9.59 Å². The van der Waals surface area contributed by atoms with Crippen molar-refractivity contribution in [2.75, 3.05) is 6.54 Å². The van der Waals surface area contributed by atoms with Crippen molar-refractivity contribution in [3.05, 3.63) is 29.3 Å².